The van der Waals surface area contributed by atoms with E-state index in [2.05, 4.69) is 31.5 Å². The molecule has 30 heavy (non-hydrogen) atoms. The van der Waals surface area contributed by atoms with E-state index in [0.29, 0.717) is 19.6 Å². The second kappa shape index (κ2) is 10.4. The number of hydrogen-bond donors (Lipinski definition) is 2. The highest BCUT2D eigenvalue weighted by Crippen LogP contribution is 2.28. The van der Waals surface area contributed by atoms with Gasteiger partial charge in [-0.15, -0.1) is 0 Å². The van der Waals surface area contributed by atoms with Crippen molar-refractivity contribution in [2.75, 3.05) is 37.6 Å². The number of anilines is 1. The maximum Gasteiger partial charge on any atom is 0.234 e. The Kier molecular flexibility index (Phi) is 7.88. The predicted octanol–water partition coefficient (Wildman–Crippen LogP) is 2.22. The molecule has 164 valence electrons. The zero-order chi connectivity index (χ0) is 21.7. The molecular formula is C22H31BrN4O3. The standard InChI is InChI=1S/C22H31BrN4O3/c1-3-8-24-20(28)14-26-9-6-17(7-10-26)25-22(30)16-12-21(29)27(13-16)18-4-5-19(23)15(2)11-18/h4-5,11,16-17H,3,6-10,12-14H2,1-2H3,(H,24,28)(H,25,30). The van der Waals surface area contributed by atoms with E-state index in [1.165, 1.54) is 0 Å². The summed E-state index contributed by atoms with van der Waals surface area (Å²) in [6, 6.07) is 5.91. The van der Waals surface area contributed by atoms with Gasteiger partial charge in [0.1, 0.15) is 0 Å². The van der Waals surface area contributed by atoms with Gasteiger partial charge in [0.2, 0.25) is 17.7 Å². The van der Waals surface area contributed by atoms with Crippen LogP contribution in [0.2, 0.25) is 0 Å². The Labute approximate surface area is 186 Å². The van der Waals surface area contributed by atoms with Crippen molar-refractivity contribution < 1.29 is 14.4 Å². The first kappa shape index (κ1) is 22.7. The van der Waals surface area contributed by atoms with Crippen molar-refractivity contribution in [1.82, 2.24) is 15.5 Å². The summed E-state index contributed by atoms with van der Waals surface area (Å²) in [4.78, 5) is 40.9. The highest BCUT2D eigenvalue weighted by molar-refractivity contribution is 9.10. The summed E-state index contributed by atoms with van der Waals surface area (Å²) >= 11 is 3.48. The largest absolute Gasteiger partial charge is 0.355 e. The lowest BCUT2D eigenvalue weighted by Gasteiger charge is -2.32. The van der Waals surface area contributed by atoms with Crippen LogP contribution in [0.3, 0.4) is 0 Å². The number of nitrogens with one attached hydrogen (secondary N) is 2. The van der Waals surface area contributed by atoms with Crippen molar-refractivity contribution >= 4 is 39.3 Å². The molecule has 1 aromatic rings. The summed E-state index contributed by atoms with van der Waals surface area (Å²) in [5, 5.41) is 6.03. The van der Waals surface area contributed by atoms with Crippen LogP contribution in [0.15, 0.2) is 22.7 Å². The molecule has 8 heteroatoms. The smallest absolute Gasteiger partial charge is 0.234 e. The van der Waals surface area contributed by atoms with Crippen molar-refractivity contribution in [3.05, 3.63) is 28.2 Å². The molecule has 0 saturated carbocycles. The van der Waals surface area contributed by atoms with Crippen LogP contribution in [0.5, 0.6) is 0 Å². The first-order chi connectivity index (χ1) is 14.4. The molecule has 1 aromatic carbocycles. The number of halogens is 1. The van der Waals surface area contributed by atoms with Crippen LogP contribution in [-0.2, 0) is 14.4 Å². The van der Waals surface area contributed by atoms with Gasteiger partial charge in [-0.25, -0.2) is 0 Å². The highest BCUT2D eigenvalue weighted by Gasteiger charge is 2.36. The third-order valence-corrected chi connectivity index (χ3v) is 6.71. The fourth-order valence-corrected chi connectivity index (χ4v) is 4.25. The van der Waals surface area contributed by atoms with Gasteiger partial charge in [0.25, 0.3) is 0 Å². The van der Waals surface area contributed by atoms with Gasteiger partial charge in [-0.05, 0) is 49.9 Å². The third-order valence-electron chi connectivity index (χ3n) is 5.82. The van der Waals surface area contributed by atoms with Gasteiger partial charge in [-0.3, -0.25) is 19.3 Å². The van der Waals surface area contributed by atoms with Crippen LogP contribution in [0.25, 0.3) is 0 Å². The van der Waals surface area contributed by atoms with Crippen LogP contribution >= 0.6 is 15.9 Å². The molecule has 1 unspecified atom stereocenters. The van der Waals surface area contributed by atoms with Crippen LogP contribution < -0.4 is 15.5 Å². The van der Waals surface area contributed by atoms with E-state index in [0.717, 1.165) is 48.1 Å². The molecule has 0 bridgehead atoms. The average Bonchev–Trinajstić information content (AvgIpc) is 3.12. The summed E-state index contributed by atoms with van der Waals surface area (Å²) in [6.45, 7) is 7.14. The molecule has 0 aliphatic carbocycles. The Morgan fingerprint density at radius 1 is 1.23 bits per heavy atom. The molecule has 1 atom stereocenters. The first-order valence-electron chi connectivity index (χ1n) is 10.7. The average molecular weight is 479 g/mol. The maximum atomic E-state index is 12.8. The number of benzene rings is 1. The van der Waals surface area contributed by atoms with E-state index in [1.54, 1.807) is 4.90 Å². The van der Waals surface area contributed by atoms with E-state index >= 15 is 0 Å². The number of aryl methyl sites for hydroxylation is 1. The van der Waals surface area contributed by atoms with E-state index in [4.69, 9.17) is 0 Å². The van der Waals surface area contributed by atoms with E-state index in [9.17, 15) is 14.4 Å². The Bertz CT molecular complexity index is 793. The van der Waals surface area contributed by atoms with E-state index in [-0.39, 0.29) is 36.1 Å². The van der Waals surface area contributed by atoms with Gasteiger partial charge in [0.15, 0.2) is 0 Å². The monoisotopic (exact) mass is 478 g/mol. The summed E-state index contributed by atoms with van der Waals surface area (Å²) in [5.41, 5.74) is 1.90. The first-order valence-corrected chi connectivity index (χ1v) is 11.5. The molecule has 0 spiro atoms. The summed E-state index contributed by atoms with van der Waals surface area (Å²) in [6.07, 6.45) is 2.83. The van der Waals surface area contributed by atoms with Gasteiger partial charge in [0.05, 0.1) is 12.5 Å². The Hall–Kier alpha value is -1.93. The van der Waals surface area contributed by atoms with Crippen molar-refractivity contribution in [2.45, 2.75) is 45.6 Å². The fourth-order valence-electron chi connectivity index (χ4n) is 4.01. The van der Waals surface area contributed by atoms with Crippen LogP contribution in [-0.4, -0.2) is 61.4 Å². The summed E-state index contributed by atoms with van der Waals surface area (Å²) in [5.74, 6) is -0.310. The van der Waals surface area contributed by atoms with Crippen molar-refractivity contribution in [3.8, 4) is 0 Å². The molecule has 0 radical (unpaired) electrons. The highest BCUT2D eigenvalue weighted by atomic mass is 79.9. The minimum absolute atomic E-state index is 0.00946. The Morgan fingerprint density at radius 3 is 2.63 bits per heavy atom. The molecule has 0 aromatic heterocycles. The van der Waals surface area contributed by atoms with Crippen molar-refractivity contribution in [2.24, 2.45) is 5.92 Å². The topological polar surface area (TPSA) is 81.8 Å². The van der Waals surface area contributed by atoms with Crippen molar-refractivity contribution in [1.29, 1.82) is 0 Å². The number of piperidine rings is 1. The predicted molar refractivity (Wildman–Crippen MR) is 120 cm³/mol. The molecular weight excluding hydrogens is 448 g/mol. The van der Waals surface area contributed by atoms with Gasteiger partial charge in [-0.1, -0.05) is 22.9 Å². The number of amides is 3. The van der Waals surface area contributed by atoms with Crippen LogP contribution in [0, 0.1) is 12.8 Å². The molecule has 3 rings (SSSR count). The quantitative estimate of drug-likeness (QED) is 0.629. The van der Waals surface area contributed by atoms with Crippen LogP contribution in [0.4, 0.5) is 5.69 Å². The number of carbonyl (C=O) groups excluding carboxylic acids is 3. The van der Waals surface area contributed by atoms with Gasteiger partial charge < -0.3 is 15.5 Å². The molecule has 7 nitrogen and oxygen atoms in total. The van der Waals surface area contributed by atoms with Crippen LogP contribution in [0.1, 0.15) is 38.2 Å². The second-order valence-corrected chi connectivity index (χ2v) is 9.10. The van der Waals surface area contributed by atoms with Gasteiger partial charge in [-0.2, -0.15) is 0 Å². The molecule has 3 amide bonds. The summed E-state index contributed by atoms with van der Waals surface area (Å²) < 4.78 is 1.00. The van der Waals surface area contributed by atoms with E-state index < -0.39 is 0 Å². The SMILES string of the molecule is CCCNC(=O)CN1CCC(NC(=O)C2CC(=O)N(c3ccc(Br)c(C)c3)C2)CC1. The van der Waals surface area contributed by atoms with E-state index in [1.807, 2.05) is 32.0 Å². The molecule has 2 saturated heterocycles. The number of rotatable bonds is 7. The lowest BCUT2D eigenvalue weighted by atomic mass is 10.0. The Morgan fingerprint density at radius 2 is 1.97 bits per heavy atom. The number of carbonyl (C=O) groups is 3. The van der Waals surface area contributed by atoms with Gasteiger partial charge >= 0.3 is 0 Å². The fraction of sp³-hybridized carbons (Fsp3) is 0.591. The zero-order valence-corrected chi connectivity index (χ0v) is 19.3. The summed E-state index contributed by atoms with van der Waals surface area (Å²) in [7, 11) is 0. The maximum absolute atomic E-state index is 12.8. The zero-order valence-electron chi connectivity index (χ0n) is 17.7. The number of likely N-dealkylation sites (tertiary alicyclic amines) is 1. The lowest BCUT2D eigenvalue weighted by Crippen LogP contribution is -2.48. The molecule has 2 heterocycles. The van der Waals surface area contributed by atoms with Crippen molar-refractivity contribution in [3.63, 3.8) is 0 Å². The minimum Gasteiger partial charge on any atom is -0.355 e. The second-order valence-electron chi connectivity index (χ2n) is 8.25. The lowest BCUT2D eigenvalue weighted by molar-refractivity contribution is -0.127. The number of hydrogen-bond acceptors (Lipinski definition) is 4. The molecule has 2 N–H and O–H groups in total. The number of nitrogens with zero attached hydrogens (tertiary/aromatic N) is 2. The molecule has 2 aliphatic rings. The third kappa shape index (κ3) is 5.82. The Balaban J connectivity index is 1.46. The molecule has 2 aliphatic heterocycles. The minimum atomic E-state index is -0.320. The molecule has 2 fully saturated rings. The van der Waals surface area contributed by atoms with Gasteiger partial charge in [0, 0.05) is 48.8 Å². The normalized spacial score (nSPS) is 20.4.